The van der Waals surface area contributed by atoms with E-state index in [-0.39, 0.29) is 23.8 Å². The van der Waals surface area contributed by atoms with Crippen LogP contribution in [0.3, 0.4) is 0 Å². The molecule has 0 aliphatic carbocycles. The molecular weight excluding hydrogens is 380 g/mol. The van der Waals surface area contributed by atoms with E-state index in [0.717, 1.165) is 42.8 Å². The first-order valence-electron chi connectivity index (χ1n) is 9.09. The maximum atomic E-state index is 12.5. The topological polar surface area (TPSA) is 117 Å². The number of hydrogen-bond acceptors (Lipinski definition) is 7. The fraction of sp³-hybridized carbons (Fsp3) is 0.333. The first-order valence-corrected chi connectivity index (χ1v) is 10.4. The maximum absolute atomic E-state index is 12.5. The van der Waals surface area contributed by atoms with Gasteiger partial charge in [-0.25, -0.2) is 9.97 Å². The van der Waals surface area contributed by atoms with Gasteiger partial charge >= 0.3 is 5.69 Å². The van der Waals surface area contributed by atoms with Crippen LogP contribution < -0.4 is 10.2 Å². The van der Waals surface area contributed by atoms with Crippen molar-refractivity contribution < 1.29 is 9.13 Å². The van der Waals surface area contributed by atoms with Crippen molar-refractivity contribution in [3.05, 3.63) is 46.5 Å². The average molecular weight is 400 g/mol. The number of hydrogen-bond donors (Lipinski definition) is 2. The molecule has 0 saturated carbocycles. The molecule has 0 radical (unpaired) electrons. The van der Waals surface area contributed by atoms with E-state index in [9.17, 15) is 14.3 Å². The van der Waals surface area contributed by atoms with Crippen molar-refractivity contribution in [2.75, 3.05) is 35.6 Å². The second kappa shape index (κ2) is 7.93. The monoisotopic (exact) mass is 400 g/mol. The van der Waals surface area contributed by atoms with Gasteiger partial charge in [-0.05, 0) is 31.0 Å². The maximum Gasteiger partial charge on any atom is 0.311 e. The summed E-state index contributed by atoms with van der Waals surface area (Å²) in [5, 5.41) is 14.7. The van der Waals surface area contributed by atoms with Gasteiger partial charge in [-0.2, -0.15) is 0 Å². The van der Waals surface area contributed by atoms with Crippen LogP contribution in [-0.2, 0) is 10.8 Å². The van der Waals surface area contributed by atoms with Crippen molar-refractivity contribution in [2.24, 2.45) is 0 Å². The molecule has 3 heterocycles. The summed E-state index contributed by atoms with van der Waals surface area (Å²) < 4.78 is 12.5. The van der Waals surface area contributed by atoms with Gasteiger partial charge in [0, 0.05) is 31.5 Å². The van der Waals surface area contributed by atoms with Crippen LogP contribution in [-0.4, -0.2) is 49.5 Å². The summed E-state index contributed by atoms with van der Waals surface area (Å²) in [4.78, 5) is 24.8. The summed E-state index contributed by atoms with van der Waals surface area (Å²) in [6.45, 7) is 2.08. The molecule has 1 aliphatic rings. The molecule has 1 fully saturated rings. The number of imidazole rings is 1. The lowest BCUT2D eigenvalue weighted by molar-refractivity contribution is -0.384. The molecule has 1 saturated heterocycles. The fourth-order valence-electron chi connectivity index (χ4n) is 3.24. The van der Waals surface area contributed by atoms with Crippen LogP contribution in [0.2, 0.25) is 0 Å². The molecule has 0 bridgehead atoms. The zero-order chi connectivity index (χ0) is 19.5. The molecule has 2 N–H and O–H groups in total. The van der Waals surface area contributed by atoms with Crippen molar-refractivity contribution in [1.29, 1.82) is 0 Å². The smallest absolute Gasteiger partial charge is 0.311 e. The molecule has 1 atom stereocenters. The molecule has 9 nitrogen and oxygen atoms in total. The van der Waals surface area contributed by atoms with E-state index < -0.39 is 15.7 Å². The van der Waals surface area contributed by atoms with Gasteiger partial charge < -0.3 is 15.2 Å². The highest BCUT2D eigenvalue weighted by Crippen LogP contribution is 2.27. The lowest BCUT2D eigenvalue weighted by Crippen LogP contribution is -2.20. The van der Waals surface area contributed by atoms with E-state index in [1.165, 1.54) is 6.07 Å². The molecule has 1 aromatic carbocycles. The van der Waals surface area contributed by atoms with Gasteiger partial charge in [-0.15, -0.1) is 0 Å². The van der Waals surface area contributed by atoms with Crippen LogP contribution in [0.5, 0.6) is 0 Å². The number of para-hydroxylation sites is 2. The highest BCUT2D eigenvalue weighted by molar-refractivity contribution is 7.84. The Bertz CT molecular complexity index is 998. The molecule has 146 valence electrons. The van der Waals surface area contributed by atoms with Gasteiger partial charge in [-0.1, -0.05) is 12.1 Å². The molecule has 4 rings (SSSR count). The summed E-state index contributed by atoms with van der Waals surface area (Å²) in [5.74, 6) is 1.19. The lowest BCUT2D eigenvalue weighted by Gasteiger charge is -2.17. The van der Waals surface area contributed by atoms with Gasteiger partial charge in [0.15, 0.2) is 5.16 Å². The molecule has 0 amide bonds. The summed E-state index contributed by atoms with van der Waals surface area (Å²) in [7, 11) is -1.35. The number of aromatic amines is 1. The zero-order valence-electron chi connectivity index (χ0n) is 15.1. The molecular formula is C18H20N6O3S. The number of anilines is 2. The lowest BCUT2D eigenvalue weighted by atomic mass is 10.3. The quantitative estimate of drug-likeness (QED) is 0.462. The van der Waals surface area contributed by atoms with E-state index in [4.69, 9.17) is 0 Å². The number of aromatic nitrogens is 3. The third-order valence-electron chi connectivity index (χ3n) is 4.65. The van der Waals surface area contributed by atoms with Crippen LogP contribution in [0.4, 0.5) is 17.3 Å². The predicted octanol–water partition coefficient (Wildman–Crippen LogP) is 2.69. The normalized spacial score (nSPS) is 15.1. The van der Waals surface area contributed by atoms with Gasteiger partial charge in [-0.3, -0.25) is 14.3 Å². The SMILES string of the molecule is O=[N+]([O-])c1ccc(N2CCCC2)nc1NCCS(=O)c1nc2ccccc2[nH]1. The van der Waals surface area contributed by atoms with Crippen LogP contribution in [0.15, 0.2) is 41.6 Å². The van der Waals surface area contributed by atoms with E-state index in [1.807, 2.05) is 24.3 Å². The Morgan fingerprint density at radius 3 is 2.71 bits per heavy atom. The van der Waals surface area contributed by atoms with Crippen molar-refractivity contribution >= 4 is 39.2 Å². The molecule has 3 aromatic rings. The number of nitrogens with zero attached hydrogens (tertiary/aromatic N) is 4. The van der Waals surface area contributed by atoms with Gasteiger partial charge in [0.2, 0.25) is 5.82 Å². The van der Waals surface area contributed by atoms with Gasteiger partial charge in [0.05, 0.1) is 26.8 Å². The van der Waals surface area contributed by atoms with E-state index in [0.29, 0.717) is 5.16 Å². The average Bonchev–Trinajstić information content (AvgIpc) is 3.37. The van der Waals surface area contributed by atoms with E-state index >= 15 is 0 Å². The predicted molar refractivity (Wildman–Crippen MR) is 108 cm³/mol. The number of fused-ring (bicyclic) bond motifs is 1. The number of pyridine rings is 1. The number of nitrogens with one attached hydrogen (secondary N) is 2. The Labute approximate surface area is 163 Å². The summed E-state index contributed by atoms with van der Waals surface area (Å²) in [6, 6.07) is 10.6. The largest absolute Gasteiger partial charge is 0.363 e. The third-order valence-corrected chi connectivity index (χ3v) is 5.85. The number of H-pyrrole nitrogens is 1. The minimum absolute atomic E-state index is 0.0857. The molecule has 2 aromatic heterocycles. The molecule has 28 heavy (non-hydrogen) atoms. The summed E-state index contributed by atoms with van der Waals surface area (Å²) in [6.07, 6.45) is 2.19. The minimum Gasteiger partial charge on any atom is -0.363 e. The number of benzene rings is 1. The van der Waals surface area contributed by atoms with E-state index in [1.54, 1.807) is 6.07 Å². The first-order chi connectivity index (χ1) is 13.6. The first kappa shape index (κ1) is 18.4. The zero-order valence-corrected chi connectivity index (χ0v) is 15.9. The van der Waals surface area contributed by atoms with Crippen molar-refractivity contribution in [3.63, 3.8) is 0 Å². The van der Waals surface area contributed by atoms with Gasteiger partial charge in [0.25, 0.3) is 0 Å². The molecule has 1 aliphatic heterocycles. The molecule has 0 spiro atoms. The Kier molecular flexibility index (Phi) is 5.20. The Morgan fingerprint density at radius 2 is 1.96 bits per heavy atom. The van der Waals surface area contributed by atoms with Crippen LogP contribution in [0.1, 0.15) is 12.8 Å². The highest BCUT2D eigenvalue weighted by Gasteiger charge is 2.20. The van der Waals surface area contributed by atoms with Crippen LogP contribution in [0.25, 0.3) is 11.0 Å². The van der Waals surface area contributed by atoms with Crippen LogP contribution in [0, 0.1) is 10.1 Å². The second-order valence-corrected chi connectivity index (χ2v) is 8.01. The van der Waals surface area contributed by atoms with E-state index in [2.05, 4.69) is 25.2 Å². The number of nitro groups is 1. The highest BCUT2D eigenvalue weighted by atomic mass is 32.2. The summed E-state index contributed by atoms with van der Waals surface area (Å²) >= 11 is 0. The van der Waals surface area contributed by atoms with Crippen molar-refractivity contribution in [3.8, 4) is 0 Å². The Hall–Kier alpha value is -3.01. The van der Waals surface area contributed by atoms with Crippen molar-refractivity contribution in [1.82, 2.24) is 15.0 Å². The molecule has 1 unspecified atom stereocenters. The second-order valence-electron chi connectivity index (χ2n) is 6.52. The van der Waals surface area contributed by atoms with Crippen LogP contribution >= 0.6 is 0 Å². The number of rotatable bonds is 7. The molecule has 10 heteroatoms. The Morgan fingerprint density at radius 1 is 1.18 bits per heavy atom. The third kappa shape index (κ3) is 3.81. The Balaban J connectivity index is 1.45. The van der Waals surface area contributed by atoms with Crippen molar-refractivity contribution in [2.45, 2.75) is 18.0 Å². The fourth-order valence-corrected chi connectivity index (χ4v) is 4.14. The van der Waals surface area contributed by atoms with Gasteiger partial charge in [0.1, 0.15) is 5.82 Å². The minimum atomic E-state index is -1.35. The summed E-state index contributed by atoms with van der Waals surface area (Å²) in [5.41, 5.74) is 1.50. The standard InChI is InChI=1S/C18H20N6O3S/c25-24(26)15-7-8-16(23-10-3-4-11-23)22-17(15)19-9-12-28(27)18-20-13-5-1-2-6-14(13)21-18/h1-2,5-8H,3-4,9-12H2,(H,19,22)(H,20,21).